The second kappa shape index (κ2) is 6.58. The van der Waals surface area contributed by atoms with Crippen LogP contribution in [0.3, 0.4) is 0 Å². The van der Waals surface area contributed by atoms with Crippen LogP contribution < -0.4 is 10.3 Å². The molecule has 0 radical (unpaired) electrons. The Balaban J connectivity index is -0.000000107. The zero-order chi connectivity index (χ0) is 9.00. The predicted octanol–water partition coefficient (Wildman–Crippen LogP) is -3.19. The summed E-state index contributed by atoms with van der Waals surface area (Å²) in [7, 11) is -8.83. The molecule has 0 fully saturated rings. The van der Waals surface area contributed by atoms with Gasteiger partial charge in [0, 0.05) is 40.4 Å². The van der Waals surface area contributed by atoms with E-state index in [2.05, 4.69) is 10.3 Å². The Bertz CT molecular complexity index is 215. The van der Waals surface area contributed by atoms with Gasteiger partial charge in [0.05, 0.1) is 0 Å². The molecule has 0 spiro atoms. The third kappa shape index (κ3) is 786. The zero-order valence-corrected chi connectivity index (χ0v) is 9.08. The number of rotatable bonds is 0. The summed E-state index contributed by atoms with van der Waals surface area (Å²) in [5, 5.41) is 7.54. The van der Waals surface area contributed by atoms with Gasteiger partial charge in [-0.25, -0.2) is 27.1 Å². The Morgan fingerprint density at radius 1 is 0.818 bits per heavy atom. The summed E-state index contributed by atoms with van der Waals surface area (Å²) < 4.78 is 53.1. The molecule has 8 nitrogen and oxygen atoms in total. The van der Waals surface area contributed by atoms with Crippen molar-refractivity contribution in [2.45, 2.75) is 0 Å². The van der Waals surface area contributed by atoms with Gasteiger partial charge in [0.1, 0.15) is 0 Å². The Kier molecular flexibility index (Phi) is 10.8. The minimum atomic E-state index is -4.42. The van der Waals surface area contributed by atoms with Crippen LogP contribution in [0.1, 0.15) is 0 Å². The van der Waals surface area contributed by atoms with Gasteiger partial charge >= 0.3 is 0 Å². The molecule has 0 heterocycles. The van der Waals surface area contributed by atoms with E-state index in [0.29, 0.717) is 0 Å². The van der Waals surface area contributed by atoms with Crippen molar-refractivity contribution in [3.63, 3.8) is 0 Å². The molecule has 0 saturated carbocycles. The Labute approximate surface area is 96.2 Å². The van der Waals surface area contributed by atoms with Crippen LogP contribution in [-0.4, -0.2) is 25.9 Å². The van der Waals surface area contributed by atoms with Gasteiger partial charge in [-0.1, -0.05) is 0 Å². The maximum absolute atomic E-state index is 8.85. The second-order valence-electron chi connectivity index (χ2n) is 0.986. The molecule has 0 aromatic carbocycles. The van der Waals surface area contributed by atoms with Gasteiger partial charge in [0.25, 0.3) is 0 Å². The summed E-state index contributed by atoms with van der Waals surface area (Å²) in [5.41, 5.74) is 0. The molecule has 0 unspecified atom stereocenters. The fourth-order valence-electron chi connectivity index (χ4n) is 0. The molecular weight excluding hydrogens is 339 g/mol. The van der Waals surface area contributed by atoms with Crippen LogP contribution >= 0.6 is 0 Å². The smallest absolute Gasteiger partial charge is 0.156 e. The van der Waals surface area contributed by atoms with Crippen molar-refractivity contribution in [1.82, 2.24) is 0 Å². The minimum absolute atomic E-state index is 0. The third-order valence-corrected chi connectivity index (χ3v) is 0. The van der Waals surface area contributed by atoms with Crippen LogP contribution in [0.5, 0.6) is 0 Å². The summed E-state index contributed by atoms with van der Waals surface area (Å²) >= 11 is 0. The van der Waals surface area contributed by atoms with Crippen molar-refractivity contribution in [2.75, 3.05) is 0 Å². The predicted molar refractivity (Wildman–Crippen MR) is 27.8 cm³/mol. The van der Waals surface area contributed by atoms with Crippen molar-refractivity contribution in [3.8, 4) is 0 Å². The average Bonchev–Trinajstić information content (AvgIpc) is 1.12. The van der Waals surface area contributed by atoms with Crippen molar-refractivity contribution >= 4 is 20.6 Å². The van der Waals surface area contributed by atoms with Gasteiger partial charge in [-0.2, -0.15) is 0 Å². The summed E-state index contributed by atoms with van der Waals surface area (Å²) in [6, 6.07) is 0. The van der Waals surface area contributed by atoms with Crippen LogP contribution in [0, 0.1) is 40.4 Å². The largest absolute Gasteiger partial charge is 0.736 e. The van der Waals surface area contributed by atoms with E-state index in [9.17, 15) is 0 Å². The minimum Gasteiger partial charge on any atom is -0.736 e. The fourth-order valence-corrected chi connectivity index (χ4v) is 0. The van der Waals surface area contributed by atoms with Gasteiger partial charge in [-0.15, -0.1) is 0 Å². The van der Waals surface area contributed by atoms with Crippen molar-refractivity contribution in [3.05, 3.63) is 0 Å². The van der Waals surface area contributed by atoms with E-state index in [1.807, 2.05) is 0 Å². The summed E-state index contributed by atoms with van der Waals surface area (Å²) in [6.07, 6.45) is 0. The van der Waals surface area contributed by atoms with Crippen molar-refractivity contribution in [1.29, 1.82) is 0 Å². The molecule has 4 N–H and O–H groups in total. The van der Waals surface area contributed by atoms with Gasteiger partial charge < -0.3 is 9.11 Å². The molecule has 0 aliphatic heterocycles. The molecule has 70 valence electrons. The quantitative estimate of drug-likeness (QED) is 0.440. The molecular formula is H4N2O6S2Sm-2. The number of nitrogens with two attached hydrogens (primary N) is 2. The molecule has 0 bridgehead atoms. The van der Waals surface area contributed by atoms with Crippen LogP contribution in [0.4, 0.5) is 0 Å². The third-order valence-electron chi connectivity index (χ3n) is 0. The molecule has 11 heteroatoms. The van der Waals surface area contributed by atoms with E-state index in [0.717, 1.165) is 0 Å². The molecule has 0 saturated heterocycles. The SMILES string of the molecule is NS(=O)(=O)[O-].NS(=O)(=O)[O-].[Sm]. The summed E-state index contributed by atoms with van der Waals surface area (Å²) in [5.74, 6) is 0. The summed E-state index contributed by atoms with van der Waals surface area (Å²) in [6.45, 7) is 0. The van der Waals surface area contributed by atoms with Crippen molar-refractivity contribution < 1.29 is 66.3 Å². The first kappa shape index (κ1) is 18.0. The molecule has 0 aromatic rings. The Morgan fingerprint density at radius 3 is 0.818 bits per heavy atom. The molecule has 0 aromatic heterocycles. The zero-order valence-electron chi connectivity index (χ0n) is 4.83. The molecule has 0 atom stereocenters. The Hall–Kier alpha value is 1.08. The monoisotopic (exact) mass is 344 g/mol. The summed E-state index contributed by atoms with van der Waals surface area (Å²) in [4.78, 5) is 0. The number of hydrogen-bond acceptors (Lipinski definition) is 6. The fraction of sp³-hybridized carbons (Fsp3) is 0. The van der Waals surface area contributed by atoms with Crippen LogP contribution in [-0.2, 0) is 20.6 Å². The van der Waals surface area contributed by atoms with E-state index in [-0.39, 0.29) is 40.4 Å². The Morgan fingerprint density at radius 2 is 0.818 bits per heavy atom. The van der Waals surface area contributed by atoms with Gasteiger partial charge in [-0.3, -0.25) is 0 Å². The first-order chi connectivity index (χ1) is 4.00. The normalized spacial score (nSPS) is 10.5. The van der Waals surface area contributed by atoms with E-state index in [1.165, 1.54) is 0 Å². The standard InChI is InChI=1S/2H3NO3S.Sm/c2*1-5(2,3)4;/h2*(H3,1,2,3,4);/p-2. The molecule has 0 aliphatic carbocycles. The molecule has 0 rings (SSSR count). The van der Waals surface area contributed by atoms with E-state index in [4.69, 9.17) is 25.9 Å². The van der Waals surface area contributed by atoms with Gasteiger partial charge in [0.15, 0.2) is 20.6 Å². The maximum Gasteiger partial charge on any atom is 0.156 e. The van der Waals surface area contributed by atoms with Crippen LogP contribution in [0.15, 0.2) is 0 Å². The van der Waals surface area contributed by atoms with E-state index < -0.39 is 20.6 Å². The molecule has 11 heavy (non-hydrogen) atoms. The second-order valence-corrected chi connectivity index (χ2v) is 2.96. The average molecular weight is 343 g/mol. The molecule has 0 aliphatic rings. The van der Waals surface area contributed by atoms with Gasteiger partial charge in [0.2, 0.25) is 0 Å². The van der Waals surface area contributed by atoms with Gasteiger partial charge in [-0.05, 0) is 0 Å². The van der Waals surface area contributed by atoms with Crippen LogP contribution in [0.25, 0.3) is 0 Å². The number of hydrogen-bond donors (Lipinski definition) is 2. The van der Waals surface area contributed by atoms with E-state index in [1.54, 1.807) is 0 Å². The molecule has 0 amide bonds. The topological polar surface area (TPSA) is 166 Å². The maximum atomic E-state index is 8.85. The van der Waals surface area contributed by atoms with Crippen molar-refractivity contribution in [2.24, 2.45) is 10.3 Å². The first-order valence-corrected chi connectivity index (χ1v) is 4.41. The van der Waals surface area contributed by atoms with E-state index >= 15 is 0 Å². The first-order valence-electron chi connectivity index (χ1n) is 1.47. The van der Waals surface area contributed by atoms with Crippen LogP contribution in [0.2, 0.25) is 0 Å².